The molecule has 10 heteroatoms. The standard InChI is InChI=1S/C23H19Cl2N5O3/c1-12-28-20(29-33-12)19-18(25)16-10-14(24)4-7-17(16)30(19)15-5-2-13(3-6-15)11-27-22(32)23(8-9-23)21(26)31/h2-7,10H,8-9,11H2,1H3,(H2,26,31)(H,27,32). The maximum atomic E-state index is 12.3. The van der Waals surface area contributed by atoms with Crippen LogP contribution in [0.5, 0.6) is 0 Å². The van der Waals surface area contributed by atoms with Crippen LogP contribution in [0.4, 0.5) is 0 Å². The molecule has 8 nitrogen and oxygen atoms in total. The lowest BCUT2D eigenvalue weighted by atomic mass is 10.1. The molecule has 1 fully saturated rings. The van der Waals surface area contributed by atoms with E-state index in [0.717, 1.165) is 22.2 Å². The number of carbonyl (C=O) groups is 2. The smallest absolute Gasteiger partial charge is 0.235 e. The maximum absolute atomic E-state index is 12.3. The van der Waals surface area contributed by atoms with Crippen molar-refractivity contribution in [3.05, 3.63) is 64.0 Å². The van der Waals surface area contributed by atoms with E-state index in [-0.39, 0.29) is 12.5 Å². The van der Waals surface area contributed by atoms with Crippen molar-refractivity contribution in [2.45, 2.75) is 26.3 Å². The van der Waals surface area contributed by atoms with Crippen LogP contribution in [0, 0.1) is 12.3 Å². The third-order valence-corrected chi connectivity index (χ3v) is 6.53. The number of benzene rings is 2. The Balaban J connectivity index is 1.49. The van der Waals surface area contributed by atoms with Gasteiger partial charge >= 0.3 is 0 Å². The normalized spacial score (nSPS) is 14.4. The van der Waals surface area contributed by atoms with E-state index in [4.69, 9.17) is 33.5 Å². The molecule has 1 saturated carbocycles. The van der Waals surface area contributed by atoms with Gasteiger partial charge in [-0.25, -0.2) is 0 Å². The fourth-order valence-electron chi connectivity index (χ4n) is 3.91. The van der Waals surface area contributed by atoms with Crippen LogP contribution in [0.1, 0.15) is 24.3 Å². The quantitative estimate of drug-likeness (QED) is 0.399. The second kappa shape index (κ2) is 7.90. The summed E-state index contributed by atoms with van der Waals surface area (Å²) in [6.45, 7) is 2.00. The van der Waals surface area contributed by atoms with Crippen molar-refractivity contribution in [2.75, 3.05) is 0 Å². The molecule has 1 aliphatic rings. The molecule has 2 heterocycles. The molecule has 2 aromatic carbocycles. The highest BCUT2D eigenvalue weighted by molar-refractivity contribution is 6.39. The summed E-state index contributed by atoms with van der Waals surface area (Å²) in [4.78, 5) is 28.2. The van der Waals surface area contributed by atoms with Gasteiger partial charge in [-0.2, -0.15) is 4.98 Å². The molecule has 0 radical (unpaired) electrons. The Morgan fingerprint density at radius 3 is 2.52 bits per heavy atom. The average Bonchev–Trinajstić information content (AvgIpc) is 3.44. The number of aryl methyl sites for hydroxylation is 1. The molecule has 1 aliphatic carbocycles. The summed E-state index contributed by atoms with van der Waals surface area (Å²) in [5.74, 6) is -0.112. The predicted octanol–water partition coefficient (Wildman–Crippen LogP) is 4.18. The molecule has 0 aliphatic heterocycles. The molecular weight excluding hydrogens is 465 g/mol. The molecule has 3 N–H and O–H groups in total. The number of amides is 2. The summed E-state index contributed by atoms with van der Waals surface area (Å²) in [5, 5.41) is 8.65. The van der Waals surface area contributed by atoms with E-state index < -0.39 is 11.3 Å². The van der Waals surface area contributed by atoms with Gasteiger partial charge in [0.15, 0.2) is 0 Å². The van der Waals surface area contributed by atoms with Crippen molar-refractivity contribution in [3.63, 3.8) is 0 Å². The van der Waals surface area contributed by atoms with Gasteiger partial charge in [0.1, 0.15) is 11.1 Å². The largest absolute Gasteiger partial charge is 0.369 e. The molecule has 2 amide bonds. The van der Waals surface area contributed by atoms with Gasteiger partial charge in [0, 0.05) is 29.6 Å². The lowest BCUT2D eigenvalue weighted by Gasteiger charge is -2.13. The van der Waals surface area contributed by atoms with E-state index in [1.54, 1.807) is 19.1 Å². The highest BCUT2D eigenvalue weighted by atomic mass is 35.5. The van der Waals surface area contributed by atoms with E-state index in [9.17, 15) is 9.59 Å². The number of hydrogen-bond donors (Lipinski definition) is 2. The number of nitrogens with one attached hydrogen (secondary N) is 1. The predicted molar refractivity (Wildman–Crippen MR) is 124 cm³/mol. The van der Waals surface area contributed by atoms with Gasteiger partial charge < -0.3 is 20.1 Å². The molecule has 33 heavy (non-hydrogen) atoms. The van der Waals surface area contributed by atoms with Crippen molar-refractivity contribution in [1.29, 1.82) is 0 Å². The third-order valence-electron chi connectivity index (χ3n) is 5.91. The summed E-state index contributed by atoms with van der Waals surface area (Å²) in [5.41, 5.74) is 7.43. The van der Waals surface area contributed by atoms with Crippen LogP contribution in [-0.2, 0) is 16.1 Å². The van der Waals surface area contributed by atoms with Crippen molar-refractivity contribution in [3.8, 4) is 17.2 Å². The molecular formula is C23H19Cl2N5O3. The summed E-state index contributed by atoms with van der Waals surface area (Å²) in [6, 6.07) is 13.1. The Morgan fingerprint density at radius 2 is 1.91 bits per heavy atom. The zero-order chi connectivity index (χ0) is 23.3. The van der Waals surface area contributed by atoms with E-state index in [2.05, 4.69) is 15.5 Å². The highest BCUT2D eigenvalue weighted by Gasteiger charge is 2.55. The Bertz CT molecular complexity index is 1400. The van der Waals surface area contributed by atoms with Crippen molar-refractivity contribution in [2.24, 2.45) is 11.1 Å². The maximum Gasteiger partial charge on any atom is 0.235 e. The van der Waals surface area contributed by atoms with Crippen molar-refractivity contribution < 1.29 is 14.1 Å². The van der Waals surface area contributed by atoms with Gasteiger partial charge in [0.25, 0.3) is 0 Å². The first-order valence-electron chi connectivity index (χ1n) is 10.3. The van der Waals surface area contributed by atoms with Gasteiger partial charge in [0.2, 0.25) is 23.5 Å². The molecule has 0 atom stereocenters. The number of fused-ring (bicyclic) bond motifs is 1. The minimum Gasteiger partial charge on any atom is -0.369 e. The molecule has 0 unspecified atom stereocenters. The first-order chi connectivity index (χ1) is 15.8. The fourth-order valence-corrected chi connectivity index (χ4v) is 4.40. The van der Waals surface area contributed by atoms with Gasteiger partial charge in [-0.05, 0) is 48.7 Å². The molecule has 0 spiro atoms. The lowest BCUT2D eigenvalue weighted by molar-refractivity contribution is -0.135. The Morgan fingerprint density at radius 1 is 1.18 bits per heavy atom. The lowest BCUT2D eigenvalue weighted by Crippen LogP contribution is -2.40. The van der Waals surface area contributed by atoms with Crippen LogP contribution in [0.15, 0.2) is 47.0 Å². The highest BCUT2D eigenvalue weighted by Crippen LogP contribution is 2.45. The Kier molecular flexibility index (Phi) is 5.14. The molecule has 0 bridgehead atoms. The van der Waals surface area contributed by atoms with Crippen LogP contribution in [-0.4, -0.2) is 26.5 Å². The second-order valence-electron chi connectivity index (χ2n) is 8.09. The van der Waals surface area contributed by atoms with Crippen LogP contribution >= 0.6 is 23.2 Å². The molecule has 0 saturated heterocycles. The van der Waals surface area contributed by atoms with E-state index >= 15 is 0 Å². The topological polar surface area (TPSA) is 116 Å². The molecule has 4 aromatic rings. The zero-order valence-electron chi connectivity index (χ0n) is 17.6. The zero-order valence-corrected chi connectivity index (χ0v) is 19.1. The summed E-state index contributed by atoms with van der Waals surface area (Å²) < 4.78 is 7.11. The van der Waals surface area contributed by atoms with Gasteiger partial charge in [-0.3, -0.25) is 9.59 Å². The number of hydrogen-bond acceptors (Lipinski definition) is 5. The number of primary amides is 1. The molecule has 168 valence electrons. The van der Waals surface area contributed by atoms with Crippen LogP contribution in [0.25, 0.3) is 28.1 Å². The first kappa shape index (κ1) is 21.5. The number of aromatic nitrogens is 3. The van der Waals surface area contributed by atoms with E-state index in [1.807, 2.05) is 34.9 Å². The summed E-state index contributed by atoms with van der Waals surface area (Å²) in [7, 11) is 0. The molecule has 5 rings (SSSR count). The number of nitrogens with zero attached hydrogens (tertiary/aromatic N) is 3. The monoisotopic (exact) mass is 483 g/mol. The number of halogens is 2. The first-order valence-corrected chi connectivity index (χ1v) is 11.0. The number of carbonyl (C=O) groups excluding carboxylic acids is 2. The van der Waals surface area contributed by atoms with Gasteiger partial charge in [-0.1, -0.05) is 40.5 Å². The second-order valence-corrected chi connectivity index (χ2v) is 8.91. The van der Waals surface area contributed by atoms with Crippen LogP contribution in [0.3, 0.4) is 0 Å². The summed E-state index contributed by atoms with van der Waals surface area (Å²) >= 11 is 12.9. The van der Waals surface area contributed by atoms with Gasteiger partial charge in [-0.15, -0.1) is 0 Å². The van der Waals surface area contributed by atoms with Gasteiger partial charge in [0.05, 0.1) is 10.5 Å². The van der Waals surface area contributed by atoms with E-state index in [0.29, 0.717) is 40.3 Å². The fraction of sp³-hybridized carbons (Fsp3) is 0.217. The minimum atomic E-state index is -1.04. The Labute approximate surface area is 198 Å². The Hall–Kier alpha value is -3.36. The number of nitrogens with two attached hydrogens (primary N) is 1. The molecule has 2 aromatic heterocycles. The number of rotatable bonds is 6. The van der Waals surface area contributed by atoms with Crippen LogP contribution < -0.4 is 11.1 Å². The van der Waals surface area contributed by atoms with Crippen molar-refractivity contribution >= 4 is 45.9 Å². The van der Waals surface area contributed by atoms with Crippen molar-refractivity contribution in [1.82, 2.24) is 20.0 Å². The minimum absolute atomic E-state index is 0.286. The van der Waals surface area contributed by atoms with E-state index in [1.165, 1.54) is 0 Å². The summed E-state index contributed by atoms with van der Waals surface area (Å²) in [6.07, 6.45) is 0.994. The SMILES string of the molecule is Cc1nc(-c2c(Cl)c3cc(Cl)ccc3n2-c2ccc(CNC(=O)C3(C(N)=O)CC3)cc2)no1. The average molecular weight is 484 g/mol. The van der Waals surface area contributed by atoms with Crippen LogP contribution in [0.2, 0.25) is 10.0 Å². The third kappa shape index (κ3) is 3.65.